The number of hydrogen-bond acceptors (Lipinski definition) is 0. The maximum Gasteiger partial charge on any atom is 0.104 e. The summed E-state index contributed by atoms with van der Waals surface area (Å²) < 4.78 is 1.03. The van der Waals surface area contributed by atoms with Gasteiger partial charge in [-0.15, -0.1) is 0 Å². The number of nitrogens with zero attached hydrogens (tertiary/aromatic N) is 1. The summed E-state index contributed by atoms with van der Waals surface area (Å²) in [4.78, 5) is 0. The molecule has 0 radical (unpaired) electrons. The van der Waals surface area contributed by atoms with E-state index in [2.05, 4.69) is 34.5 Å². The third-order valence-electron chi connectivity index (χ3n) is 2.26. The molecule has 0 heterocycles. The van der Waals surface area contributed by atoms with Gasteiger partial charge >= 0.3 is 0 Å². The summed E-state index contributed by atoms with van der Waals surface area (Å²) in [6.45, 7) is 9.30. The molecule has 0 N–H and O–H groups in total. The highest BCUT2D eigenvalue weighted by atomic mass is 15.3. The monoisotopic (exact) mass is 128 g/mol. The van der Waals surface area contributed by atoms with Gasteiger partial charge in [-0.1, -0.05) is 6.58 Å². The zero-order chi connectivity index (χ0) is 7.49. The maximum atomic E-state index is 3.76. The van der Waals surface area contributed by atoms with E-state index >= 15 is 0 Å². The van der Waals surface area contributed by atoms with E-state index in [1.807, 2.05) is 6.08 Å². The number of rotatable bonds is 3. The van der Waals surface area contributed by atoms with Crippen molar-refractivity contribution >= 4 is 0 Å². The Bertz CT molecular complexity index is 94.7. The van der Waals surface area contributed by atoms with E-state index in [0.717, 1.165) is 11.0 Å². The van der Waals surface area contributed by atoms with Crippen molar-refractivity contribution in [3.8, 4) is 0 Å². The summed E-state index contributed by atoms with van der Waals surface area (Å²) in [6, 6.07) is 0.565. The van der Waals surface area contributed by atoms with Crippen molar-refractivity contribution in [1.29, 1.82) is 0 Å². The molecule has 0 aromatic rings. The lowest BCUT2D eigenvalue weighted by Crippen LogP contribution is -2.45. The predicted molar refractivity (Wildman–Crippen MR) is 42.3 cm³/mol. The lowest BCUT2D eigenvalue weighted by molar-refractivity contribution is -0.904. The molecule has 0 aromatic heterocycles. The van der Waals surface area contributed by atoms with E-state index in [0.29, 0.717) is 6.04 Å². The lowest BCUT2D eigenvalue weighted by Gasteiger charge is -2.32. The van der Waals surface area contributed by atoms with Gasteiger partial charge in [0.25, 0.3) is 0 Å². The van der Waals surface area contributed by atoms with Crippen LogP contribution in [0.2, 0.25) is 0 Å². The molecule has 0 amide bonds. The molecule has 0 saturated carbocycles. The first-order valence-electron chi connectivity index (χ1n) is 3.49. The quantitative estimate of drug-likeness (QED) is 0.400. The zero-order valence-corrected chi connectivity index (χ0v) is 7.02. The van der Waals surface area contributed by atoms with Crippen molar-refractivity contribution in [2.75, 3.05) is 20.6 Å². The molecule has 1 heteroatoms. The van der Waals surface area contributed by atoms with Gasteiger partial charge in [-0.05, 0) is 19.9 Å². The van der Waals surface area contributed by atoms with Gasteiger partial charge in [0, 0.05) is 0 Å². The van der Waals surface area contributed by atoms with Gasteiger partial charge in [-0.25, -0.2) is 0 Å². The minimum Gasteiger partial charge on any atom is -0.323 e. The standard InChI is InChI=1S/C8H18N/c1-6-8(3)9(4,5)7-2/h6,8H,1,7H2,2-5H3/q+1. The fourth-order valence-electron chi connectivity index (χ4n) is 0.573. The Hall–Kier alpha value is -0.300. The van der Waals surface area contributed by atoms with Crippen molar-refractivity contribution in [1.82, 2.24) is 0 Å². The van der Waals surface area contributed by atoms with E-state index in [4.69, 9.17) is 0 Å². The van der Waals surface area contributed by atoms with Crippen molar-refractivity contribution < 1.29 is 4.48 Å². The van der Waals surface area contributed by atoms with Gasteiger partial charge in [0.1, 0.15) is 6.04 Å². The predicted octanol–water partition coefficient (Wildman–Crippen LogP) is 1.66. The van der Waals surface area contributed by atoms with E-state index < -0.39 is 0 Å². The smallest absolute Gasteiger partial charge is 0.104 e. The number of likely N-dealkylation sites (N-methyl/N-ethyl adjacent to an activating group) is 1. The molecular weight excluding hydrogens is 110 g/mol. The zero-order valence-electron chi connectivity index (χ0n) is 7.02. The Balaban J connectivity index is 3.95. The van der Waals surface area contributed by atoms with Crippen LogP contribution in [0.3, 0.4) is 0 Å². The fraction of sp³-hybridized carbons (Fsp3) is 0.750. The minimum absolute atomic E-state index is 0.565. The second kappa shape index (κ2) is 3.02. The largest absolute Gasteiger partial charge is 0.323 e. The highest BCUT2D eigenvalue weighted by Gasteiger charge is 2.17. The van der Waals surface area contributed by atoms with Gasteiger partial charge in [0.05, 0.1) is 20.6 Å². The molecule has 1 nitrogen and oxygen atoms in total. The van der Waals surface area contributed by atoms with Gasteiger partial charge in [0.15, 0.2) is 0 Å². The Kier molecular flexibility index (Phi) is 2.92. The Morgan fingerprint density at radius 2 is 2.00 bits per heavy atom. The van der Waals surface area contributed by atoms with Crippen molar-refractivity contribution in [2.24, 2.45) is 0 Å². The van der Waals surface area contributed by atoms with Crippen molar-refractivity contribution in [3.05, 3.63) is 12.7 Å². The molecule has 0 aromatic carbocycles. The van der Waals surface area contributed by atoms with Crippen LogP contribution in [-0.4, -0.2) is 31.2 Å². The molecule has 0 bridgehead atoms. The van der Waals surface area contributed by atoms with Gasteiger partial charge in [0.2, 0.25) is 0 Å². The molecular formula is C8H18N+. The van der Waals surface area contributed by atoms with Crippen LogP contribution in [0.1, 0.15) is 13.8 Å². The van der Waals surface area contributed by atoms with Gasteiger partial charge < -0.3 is 4.48 Å². The normalized spacial score (nSPS) is 15.1. The van der Waals surface area contributed by atoms with Crippen LogP contribution in [0, 0.1) is 0 Å². The summed E-state index contributed by atoms with van der Waals surface area (Å²) in [5.74, 6) is 0. The van der Waals surface area contributed by atoms with Crippen molar-refractivity contribution in [2.45, 2.75) is 19.9 Å². The Morgan fingerprint density at radius 1 is 1.56 bits per heavy atom. The topological polar surface area (TPSA) is 0 Å². The third kappa shape index (κ3) is 2.19. The molecule has 0 saturated heterocycles. The summed E-state index contributed by atoms with van der Waals surface area (Å²) in [5, 5.41) is 0. The van der Waals surface area contributed by atoms with Gasteiger partial charge in [-0.3, -0.25) is 0 Å². The van der Waals surface area contributed by atoms with E-state index in [-0.39, 0.29) is 0 Å². The van der Waals surface area contributed by atoms with Gasteiger partial charge in [-0.2, -0.15) is 0 Å². The van der Waals surface area contributed by atoms with E-state index in [1.165, 1.54) is 0 Å². The number of hydrogen-bond donors (Lipinski definition) is 0. The molecule has 0 aliphatic rings. The molecule has 1 atom stereocenters. The van der Waals surface area contributed by atoms with Crippen LogP contribution in [0.5, 0.6) is 0 Å². The molecule has 0 spiro atoms. The summed E-state index contributed by atoms with van der Waals surface area (Å²) in [6.07, 6.45) is 2.00. The Morgan fingerprint density at radius 3 is 2.11 bits per heavy atom. The van der Waals surface area contributed by atoms with Crippen LogP contribution in [0.4, 0.5) is 0 Å². The summed E-state index contributed by atoms with van der Waals surface area (Å²) >= 11 is 0. The summed E-state index contributed by atoms with van der Waals surface area (Å²) in [5.41, 5.74) is 0. The minimum atomic E-state index is 0.565. The number of quaternary nitrogens is 1. The molecule has 1 unspecified atom stereocenters. The first kappa shape index (κ1) is 8.70. The van der Waals surface area contributed by atoms with E-state index in [1.54, 1.807) is 0 Å². The average Bonchev–Trinajstić information content (AvgIpc) is 1.86. The fourth-order valence-corrected chi connectivity index (χ4v) is 0.573. The molecule has 0 fully saturated rings. The maximum absolute atomic E-state index is 3.76. The highest BCUT2D eigenvalue weighted by Crippen LogP contribution is 2.05. The third-order valence-corrected chi connectivity index (χ3v) is 2.26. The average molecular weight is 128 g/mol. The first-order chi connectivity index (χ1) is 4.04. The van der Waals surface area contributed by atoms with Crippen LogP contribution in [0.15, 0.2) is 12.7 Å². The highest BCUT2D eigenvalue weighted by molar-refractivity contribution is 4.75. The second-order valence-electron chi connectivity index (χ2n) is 3.07. The van der Waals surface area contributed by atoms with Crippen LogP contribution < -0.4 is 0 Å². The summed E-state index contributed by atoms with van der Waals surface area (Å²) in [7, 11) is 4.43. The van der Waals surface area contributed by atoms with E-state index in [9.17, 15) is 0 Å². The molecule has 0 aliphatic carbocycles. The lowest BCUT2D eigenvalue weighted by atomic mass is 10.2. The Labute approximate surface area is 58.6 Å². The second-order valence-corrected chi connectivity index (χ2v) is 3.07. The van der Waals surface area contributed by atoms with Crippen LogP contribution in [0.25, 0.3) is 0 Å². The molecule has 9 heavy (non-hydrogen) atoms. The van der Waals surface area contributed by atoms with Crippen LogP contribution >= 0.6 is 0 Å². The first-order valence-corrected chi connectivity index (χ1v) is 3.49. The van der Waals surface area contributed by atoms with Crippen LogP contribution in [-0.2, 0) is 0 Å². The molecule has 54 valence electrons. The molecule has 0 rings (SSSR count). The van der Waals surface area contributed by atoms with Crippen molar-refractivity contribution in [3.63, 3.8) is 0 Å². The SMILES string of the molecule is C=CC(C)[N+](C)(C)CC. The molecule has 0 aliphatic heterocycles.